The van der Waals surface area contributed by atoms with E-state index < -0.39 is 0 Å². The molecule has 0 aliphatic rings. The van der Waals surface area contributed by atoms with Gasteiger partial charge in [-0.15, -0.1) is 0 Å². The highest BCUT2D eigenvalue weighted by molar-refractivity contribution is 6.30. The van der Waals surface area contributed by atoms with Crippen molar-refractivity contribution in [3.63, 3.8) is 0 Å². The number of amides is 1. The number of hydrogen-bond donors (Lipinski definition) is 1. The van der Waals surface area contributed by atoms with Crippen LogP contribution in [0.2, 0.25) is 5.02 Å². The second-order valence-electron chi connectivity index (χ2n) is 7.17. The molecule has 2 aromatic heterocycles. The van der Waals surface area contributed by atoms with Crippen LogP contribution in [0.15, 0.2) is 48.7 Å². The number of hydrogen-bond acceptors (Lipinski definition) is 4. The van der Waals surface area contributed by atoms with Crippen molar-refractivity contribution in [1.82, 2.24) is 14.8 Å². The van der Waals surface area contributed by atoms with Gasteiger partial charge in [0.25, 0.3) is 5.91 Å². The molecule has 2 aromatic carbocycles. The zero-order chi connectivity index (χ0) is 21.4. The highest BCUT2D eigenvalue weighted by Gasteiger charge is 2.18. The maximum absolute atomic E-state index is 12.7. The molecule has 0 saturated carbocycles. The van der Waals surface area contributed by atoms with Gasteiger partial charge in [0.05, 0.1) is 11.7 Å². The summed E-state index contributed by atoms with van der Waals surface area (Å²) in [4.78, 5) is 17.5. The molecule has 4 rings (SSSR count). The Kier molecular flexibility index (Phi) is 4.98. The average molecular weight is 416 g/mol. The minimum atomic E-state index is -0.366. The van der Waals surface area contributed by atoms with Crippen LogP contribution in [0.25, 0.3) is 16.7 Å². The summed E-state index contributed by atoms with van der Waals surface area (Å²) in [7, 11) is 0. The lowest BCUT2D eigenvalue weighted by atomic mass is 10.0. The van der Waals surface area contributed by atoms with E-state index in [4.69, 9.17) is 16.6 Å². The predicted molar refractivity (Wildman–Crippen MR) is 117 cm³/mol. The number of fused-ring (bicyclic) bond motifs is 1. The van der Waals surface area contributed by atoms with Crippen LogP contribution in [0.1, 0.15) is 32.6 Å². The molecule has 0 atom stereocenters. The zero-order valence-electron chi connectivity index (χ0n) is 16.7. The van der Waals surface area contributed by atoms with E-state index in [1.165, 1.54) is 16.4 Å². The smallest absolute Gasteiger partial charge is 0.256 e. The summed E-state index contributed by atoms with van der Waals surface area (Å²) in [6, 6.07) is 14.7. The Balaban J connectivity index is 1.81. The molecular formula is C23H18ClN5O. The number of nitrogens with one attached hydrogen (secondary N) is 1. The SMILES string of the molecule is Cc1cc(C)c2nc(-n3ncc(C#N)c3NC(=O)c3ccc(Cl)cc3)cc(C)c2c1. The summed E-state index contributed by atoms with van der Waals surface area (Å²) < 4.78 is 1.48. The van der Waals surface area contributed by atoms with Gasteiger partial charge in [0, 0.05) is 16.0 Å². The molecule has 0 aliphatic carbocycles. The fourth-order valence-electron chi connectivity index (χ4n) is 3.44. The highest BCUT2D eigenvalue weighted by atomic mass is 35.5. The minimum Gasteiger partial charge on any atom is -0.305 e. The fraction of sp³-hybridized carbons (Fsp3) is 0.130. The van der Waals surface area contributed by atoms with Gasteiger partial charge in [-0.25, -0.2) is 4.98 Å². The molecule has 1 N–H and O–H groups in total. The van der Waals surface area contributed by atoms with E-state index in [9.17, 15) is 10.1 Å². The molecule has 0 spiro atoms. The first-order valence-corrected chi connectivity index (χ1v) is 9.69. The van der Waals surface area contributed by atoms with Crippen molar-refractivity contribution < 1.29 is 4.79 Å². The van der Waals surface area contributed by atoms with E-state index in [0.29, 0.717) is 16.4 Å². The van der Waals surface area contributed by atoms with Crippen LogP contribution >= 0.6 is 11.6 Å². The first-order chi connectivity index (χ1) is 14.4. The zero-order valence-corrected chi connectivity index (χ0v) is 17.4. The fourth-order valence-corrected chi connectivity index (χ4v) is 3.57. The van der Waals surface area contributed by atoms with Crippen molar-refractivity contribution in [2.75, 3.05) is 5.32 Å². The summed E-state index contributed by atoms with van der Waals surface area (Å²) in [5.41, 5.74) is 4.78. The first-order valence-electron chi connectivity index (χ1n) is 9.31. The van der Waals surface area contributed by atoms with Crippen molar-refractivity contribution in [2.24, 2.45) is 0 Å². The van der Waals surface area contributed by atoms with Gasteiger partial charge in [-0.1, -0.05) is 23.2 Å². The van der Waals surface area contributed by atoms with Crippen molar-refractivity contribution in [2.45, 2.75) is 20.8 Å². The van der Waals surface area contributed by atoms with E-state index in [0.717, 1.165) is 22.0 Å². The summed E-state index contributed by atoms with van der Waals surface area (Å²) in [6.07, 6.45) is 1.42. The summed E-state index contributed by atoms with van der Waals surface area (Å²) in [5, 5.41) is 18.2. The minimum absolute atomic E-state index is 0.248. The third kappa shape index (κ3) is 3.51. The molecule has 6 nitrogen and oxygen atoms in total. The predicted octanol–water partition coefficient (Wildman–Crippen LogP) is 5.12. The van der Waals surface area contributed by atoms with Crippen molar-refractivity contribution in [3.05, 3.63) is 81.5 Å². The van der Waals surface area contributed by atoms with Crippen molar-refractivity contribution in [1.29, 1.82) is 5.26 Å². The number of rotatable bonds is 3. The molecule has 0 fully saturated rings. The van der Waals surface area contributed by atoms with E-state index in [-0.39, 0.29) is 17.3 Å². The number of benzene rings is 2. The van der Waals surface area contributed by atoms with Crippen LogP contribution in [0, 0.1) is 32.1 Å². The van der Waals surface area contributed by atoms with Crippen LogP contribution in [-0.4, -0.2) is 20.7 Å². The van der Waals surface area contributed by atoms with Crippen LogP contribution in [0.5, 0.6) is 0 Å². The molecule has 0 unspecified atom stereocenters. The molecule has 148 valence electrons. The molecule has 4 aromatic rings. The van der Waals surface area contributed by atoms with E-state index in [2.05, 4.69) is 35.5 Å². The highest BCUT2D eigenvalue weighted by Crippen LogP contribution is 2.26. The molecule has 2 heterocycles. The Morgan fingerprint density at radius 2 is 1.83 bits per heavy atom. The lowest BCUT2D eigenvalue weighted by Crippen LogP contribution is -2.16. The number of halogens is 1. The number of carbonyl (C=O) groups excluding carboxylic acids is 1. The lowest BCUT2D eigenvalue weighted by Gasteiger charge is -2.13. The van der Waals surface area contributed by atoms with Gasteiger partial charge < -0.3 is 5.32 Å². The van der Waals surface area contributed by atoms with Crippen LogP contribution in [0.3, 0.4) is 0 Å². The third-order valence-electron chi connectivity index (χ3n) is 4.89. The second kappa shape index (κ2) is 7.62. The van der Waals surface area contributed by atoms with Crippen LogP contribution in [-0.2, 0) is 0 Å². The number of pyridine rings is 1. The third-order valence-corrected chi connectivity index (χ3v) is 5.14. The number of nitrogens with zero attached hydrogens (tertiary/aromatic N) is 4. The van der Waals surface area contributed by atoms with Crippen LogP contribution in [0.4, 0.5) is 5.82 Å². The molecule has 1 amide bonds. The van der Waals surface area contributed by atoms with Crippen LogP contribution < -0.4 is 5.32 Å². The van der Waals surface area contributed by atoms with Gasteiger partial charge in [-0.05, 0) is 68.3 Å². The molecule has 7 heteroatoms. The topological polar surface area (TPSA) is 83.6 Å². The Bertz CT molecular complexity index is 1330. The lowest BCUT2D eigenvalue weighted by molar-refractivity contribution is 0.102. The quantitative estimate of drug-likeness (QED) is 0.503. The Hall–Kier alpha value is -3.69. The first kappa shape index (κ1) is 19.6. The number of nitriles is 1. The largest absolute Gasteiger partial charge is 0.305 e. The summed E-state index contributed by atoms with van der Waals surface area (Å²) in [5.74, 6) is 0.433. The molecule has 0 aliphatic heterocycles. The van der Waals surface area contributed by atoms with Gasteiger partial charge >= 0.3 is 0 Å². The maximum Gasteiger partial charge on any atom is 0.256 e. The van der Waals surface area contributed by atoms with Gasteiger partial charge in [-0.3, -0.25) is 4.79 Å². The Labute approximate surface area is 178 Å². The second-order valence-corrected chi connectivity index (χ2v) is 7.60. The number of anilines is 1. The van der Waals surface area contributed by atoms with E-state index >= 15 is 0 Å². The standard InChI is InChI=1S/C23H18ClN5O/c1-13-8-15(3)21-19(9-13)14(2)10-20(27-21)29-22(17(11-25)12-26-29)28-23(30)16-4-6-18(24)7-5-16/h4-10,12H,1-3H3,(H,28,30). The summed E-state index contributed by atoms with van der Waals surface area (Å²) >= 11 is 5.90. The van der Waals surface area contributed by atoms with Crippen molar-refractivity contribution >= 4 is 34.2 Å². The monoisotopic (exact) mass is 415 g/mol. The van der Waals surface area contributed by atoms with E-state index in [1.807, 2.05) is 19.9 Å². The molecule has 0 saturated heterocycles. The molecule has 30 heavy (non-hydrogen) atoms. The maximum atomic E-state index is 12.7. The normalized spacial score (nSPS) is 10.8. The van der Waals surface area contributed by atoms with E-state index in [1.54, 1.807) is 24.3 Å². The molecule has 0 radical (unpaired) electrons. The molecular weight excluding hydrogens is 398 g/mol. The average Bonchev–Trinajstić information content (AvgIpc) is 3.11. The van der Waals surface area contributed by atoms with Crippen molar-refractivity contribution in [3.8, 4) is 11.9 Å². The Morgan fingerprint density at radius 3 is 2.53 bits per heavy atom. The van der Waals surface area contributed by atoms with Gasteiger partial charge in [-0.2, -0.15) is 15.0 Å². The van der Waals surface area contributed by atoms with Gasteiger partial charge in [0.1, 0.15) is 11.6 Å². The van der Waals surface area contributed by atoms with Gasteiger partial charge in [0.15, 0.2) is 11.6 Å². The molecule has 0 bridgehead atoms. The Morgan fingerprint density at radius 1 is 1.10 bits per heavy atom. The number of aryl methyl sites for hydroxylation is 3. The summed E-state index contributed by atoms with van der Waals surface area (Å²) in [6.45, 7) is 6.07. The number of aromatic nitrogens is 3. The number of carbonyl (C=O) groups is 1. The van der Waals surface area contributed by atoms with Gasteiger partial charge in [0.2, 0.25) is 0 Å².